The first-order valence-electron chi connectivity index (χ1n) is 10.0. The molecule has 0 aliphatic carbocycles. The number of nitrogens with one attached hydrogen (secondary N) is 1. The van der Waals surface area contributed by atoms with E-state index in [2.05, 4.69) is 30.2 Å². The highest BCUT2D eigenvalue weighted by molar-refractivity contribution is 5.73. The molecule has 0 amide bonds. The van der Waals surface area contributed by atoms with E-state index < -0.39 is 24.3 Å². The molecule has 2 saturated heterocycles. The largest absolute Gasteiger partial charge is 0.490 e. The lowest BCUT2D eigenvalue weighted by atomic mass is 9.97. The summed E-state index contributed by atoms with van der Waals surface area (Å²) in [5.74, 6) is -4.07. The zero-order valence-corrected chi connectivity index (χ0v) is 18.2. The van der Waals surface area contributed by atoms with Gasteiger partial charge in [-0.15, -0.1) is 0 Å². The van der Waals surface area contributed by atoms with Gasteiger partial charge in [0, 0.05) is 37.8 Å². The van der Waals surface area contributed by atoms with Gasteiger partial charge in [0.1, 0.15) is 0 Å². The summed E-state index contributed by atoms with van der Waals surface area (Å²) < 4.78 is 69.6. The van der Waals surface area contributed by atoms with Crippen LogP contribution in [-0.2, 0) is 14.3 Å². The summed E-state index contributed by atoms with van der Waals surface area (Å²) in [5, 5.41) is 17.6. The predicted molar refractivity (Wildman–Crippen MR) is 109 cm³/mol. The summed E-state index contributed by atoms with van der Waals surface area (Å²) in [6.07, 6.45) is -1.18. The van der Waals surface area contributed by atoms with E-state index in [1.165, 1.54) is 0 Å². The Balaban J connectivity index is 0.000000271. The highest BCUT2D eigenvalue weighted by atomic mass is 19.4. The van der Waals surface area contributed by atoms with Crippen molar-refractivity contribution in [3.63, 3.8) is 0 Å². The monoisotopic (exact) mass is 526 g/mol. The van der Waals surface area contributed by atoms with Gasteiger partial charge in [0.15, 0.2) is 0 Å². The molecule has 198 valence electrons. The minimum absolute atomic E-state index is 0.106. The number of carboxylic acids is 2. The summed E-state index contributed by atoms with van der Waals surface area (Å²) in [6.45, 7) is 2.45. The Morgan fingerprint density at radius 1 is 0.944 bits per heavy atom. The van der Waals surface area contributed by atoms with Crippen molar-refractivity contribution < 1.29 is 50.9 Å². The molecule has 2 aliphatic rings. The fourth-order valence-corrected chi connectivity index (χ4v) is 3.25. The lowest BCUT2D eigenvalue weighted by molar-refractivity contribution is -0.193. The van der Waals surface area contributed by atoms with Crippen molar-refractivity contribution in [1.29, 1.82) is 0 Å². The number of hydrogen-bond acceptors (Lipinski definition) is 9. The SMILES string of the molecule is O=C(O)C(F)(F)F.O=C(O)C(F)(F)F.c1cnc(NC2COC3(CCN(c4ncccn4)C3)C2)nc1. The van der Waals surface area contributed by atoms with Crippen LogP contribution in [0.4, 0.5) is 38.2 Å². The number of hydrogen-bond donors (Lipinski definition) is 3. The number of carbonyl (C=O) groups is 2. The molecule has 17 heteroatoms. The Kier molecular flexibility index (Phi) is 9.32. The van der Waals surface area contributed by atoms with Gasteiger partial charge in [0.2, 0.25) is 11.9 Å². The van der Waals surface area contributed by atoms with Crippen LogP contribution in [0, 0.1) is 0 Å². The first kappa shape index (κ1) is 28.5. The molecule has 2 atom stereocenters. The van der Waals surface area contributed by atoms with Crippen LogP contribution < -0.4 is 10.2 Å². The molecule has 4 heterocycles. The van der Waals surface area contributed by atoms with Gasteiger partial charge in [0.25, 0.3) is 0 Å². The molecule has 0 aromatic carbocycles. The molecular formula is C19H20F6N6O5. The average molecular weight is 526 g/mol. The number of halogens is 6. The number of alkyl halides is 6. The summed E-state index contributed by atoms with van der Waals surface area (Å²) in [5.41, 5.74) is -0.106. The first-order valence-corrected chi connectivity index (χ1v) is 10.0. The van der Waals surface area contributed by atoms with Crippen LogP contribution >= 0.6 is 0 Å². The van der Waals surface area contributed by atoms with Gasteiger partial charge in [-0.3, -0.25) is 0 Å². The van der Waals surface area contributed by atoms with E-state index in [0.717, 1.165) is 31.9 Å². The molecule has 3 N–H and O–H groups in total. The van der Waals surface area contributed by atoms with Crippen LogP contribution in [0.5, 0.6) is 0 Å². The number of nitrogens with zero attached hydrogens (tertiary/aromatic N) is 5. The fourth-order valence-electron chi connectivity index (χ4n) is 3.25. The summed E-state index contributed by atoms with van der Waals surface area (Å²) in [6, 6.07) is 3.90. The molecule has 11 nitrogen and oxygen atoms in total. The van der Waals surface area contributed by atoms with Gasteiger partial charge in [-0.25, -0.2) is 29.5 Å². The van der Waals surface area contributed by atoms with Gasteiger partial charge in [-0.05, 0) is 18.6 Å². The number of rotatable bonds is 3. The number of carboxylic acid groups (broad SMARTS) is 2. The molecule has 4 rings (SSSR count). The van der Waals surface area contributed by atoms with Gasteiger partial charge in [-0.2, -0.15) is 26.3 Å². The van der Waals surface area contributed by atoms with E-state index in [-0.39, 0.29) is 11.6 Å². The maximum atomic E-state index is 10.6. The molecule has 2 aliphatic heterocycles. The second kappa shape index (κ2) is 11.8. The second-order valence-corrected chi connectivity index (χ2v) is 7.44. The Morgan fingerprint density at radius 3 is 1.89 bits per heavy atom. The smallest absolute Gasteiger partial charge is 0.475 e. The average Bonchev–Trinajstić information content (AvgIpc) is 3.41. The highest BCUT2D eigenvalue weighted by Crippen LogP contribution is 2.36. The van der Waals surface area contributed by atoms with Crippen molar-refractivity contribution in [2.75, 3.05) is 29.9 Å². The van der Waals surface area contributed by atoms with Crippen LogP contribution in [0.2, 0.25) is 0 Å². The van der Waals surface area contributed by atoms with E-state index >= 15 is 0 Å². The Hall–Kier alpha value is -3.76. The minimum Gasteiger partial charge on any atom is -0.475 e. The molecule has 0 bridgehead atoms. The van der Waals surface area contributed by atoms with Crippen LogP contribution in [0.15, 0.2) is 36.9 Å². The first-order chi connectivity index (χ1) is 16.7. The summed E-state index contributed by atoms with van der Waals surface area (Å²) >= 11 is 0. The van der Waals surface area contributed by atoms with Gasteiger partial charge < -0.3 is 25.2 Å². The third-order valence-electron chi connectivity index (χ3n) is 4.74. The Bertz CT molecular complexity index is 974. The van der Waals surface area contributed by atoms with Crippen LogP contribution in [-0.4, -0.2) is 85.8 Å². The van der Waals surface area contributed by atoms with E-state index in [1.54, 1.807) is 24.8 Å². The van der Waals surface area contributed by atoms with Crippen LogP contribution in [0.25, 0.3) is 0 Å². The van der Waals surface area contributed by atoms with Crippen molar-refractivity contribution in [3.05, 3.63) is 36.9 Å². The fraction of sp³-hybridized carbons (Fsp3) is 0.474. The predicted octanol–water partition coefficient (Wildman–Crippen LogP) is 2.38. The van der Waals surface area contributed by atoms with Crippen molar-refractivity contribution in [2.24, 2.45) is 0 Å². The number of anilines is 2. The summed E-state index contributed by atoms with van der Waals surface area (Å²) in [4.78, 5) is 37.1. The van der Waals surface area contributed by atoms with Crippen molar-refractivity contribution in [3.8, 4) is 0 Å². The lowest BCUT2D eigenvalue weighted by Gasteiger charge is -2.23. The molecular weight excluding hydrogens is 506 g/mol. The van der Waals surface area contributed by atoms with Crippen molar-refractivity contribution in [1.82, 2.24) is 19.9 Å². The molecule has 1 spiro atoms. The summed E-state index contributed by atoms with van der Waals surface area (Å²) in [7, 11) is 0. The van der Waals surface area contributed by atoms with Gasteiger partial charge in [-0.1, -0.05) is 0 Å². The molecule has 0 radical (unpaired) electrons. The molecule has 2 aromatic rings. The maximum Gasteiger partial charge on any atom is 0.490 e. The van der Waals surface area contributed by atoms with Gasteiger partial charge >= 0.3 is 24.3 Å². The number of aromatic nitrogens is 4. The zero-order valence-electron chi connectivity index (χ0n) is 18.2. The topological polar surface area (TPSA) is 151 Å². The number of ether oxygens (including phenoxy) is 1. The molecule has 0 saturated carbocycles. The van der Waals surface area contributed by atoms with E-state index in [0.29, 0.717) is 12.6 Å². The molecule has 36 heavy (non-hydrogen) atoms. The Morgan fingerprint density at radius 2 is 1.42 bits per heavy atom. The standard InChI is InChI=1S/C15H18N6O.2C2HF3O2/c1-4-16-13(17-5-1)20-12-9-15(22-10-12)3-8-21(11-15)14-18-6-2-7-19-14;2*3-2(4,5)1(6)7/h1-2,4-7,12H,3,8-11H2,(H,16,17,20);2*(H,6,7). The third-order valence-corrected chi connectivity index (χ3v) is 4.74. The van der Waals surface area contributed by atoms with Crippen LogP contribution in [0.3, 0.4) is 0 Å². The zero-order chi connectivity index (χ0) is 27.0. The van der Waals surface area contributed by atoms with E-state index in [4.69, 9.17) is 24.5 Å². The van der Waals surface area contributed by atoms with Crippen molar-refractivity contribution in [2.45, 2.75) is 36.8 Å². The van der Waals surface area contributed by atoms with Gasteiger partial charge in [0.05, 0.1) is 24.8 Å². The Labute approximate surface area is 199 Å². The third kappa shape index (κ3) is 8.79. The van der Waals surface area contributed by atoms with Crippen molar-refractivity contribution >= 4 is 23.8 Å². The number of aliphatic carboxylic acids is 2. The molecule has 2 aromatic heterocycles. The molecule has 2 unspecified atom stereocenters. The highest BCUT2D eigenvalue weighted by Gasteiger charge is 2.46. The quantitative estimate of drug-likeness (QED) is 0.506. The lowest BCUT2D eigenvalue weighted by Crippen LogP contribution is -2.34. The van der Waals surface area contributed by atoms with E-state index in [1.807, 2.05) is 12.1 Å². The molecule has 2 fully saturated rings. The maximum absolute atomic E-state index is 10.6. The second-order valence-electron chi connectivity index (χ2n) is 7.44. The van der Waals surface area contributed by atoms with E-state index in [9.17, 15) is 26.3 Å². The normalized spacial score (nSPS) is 21.2. The minimum atomic E-state index is -5.08. The van der Waals surface area contributed by atoms with Crippen LogP contribution in [0.1, 0.15) is 12.8 Å².